The summed E-state index contributed by atoms with van der Waals surface area (Å²) in [4.78, 5) is 3.57. The predicted molar refractivity (Wildman–Crippen MR) is 44.5 cm³/mol. The lowest BCUT2D eigenvalue weighted by Gasteiger charge is -2.27. The van der Waals surface area contributed by atoms with Crippen LogP contribution >= 0.6 is 0 Å². The van der Waals surface area contributed by atoms with E-state index < -0.39 is 11.7 Å². The molecule has 0 radical (unpaired) electrons. The maximum absolute atomic E-state index is 12.5. The van der Waals surface area contributed by atoms with Crippen molar-refractivity contribution in [3.8, 4) is 5.88 Å². The molecule has 2 rings (SSSR count). The van der Waals surface area contributed by atoms with Crippen LogP contribution in [0.2, 0.25) is 0 Å². The van der Waals surface area contributed by atoms with Gasteiger partial charge in [-0.25, -0.2) is 4.98 Å². The van der Waals surface area contributed by atoms with E-state index in [9.17, 15) is 13.2 Å². The van der Waals surface area contributed by atoms with Crippen LogP contribution in [0, 0.1) is 0 Å². The highest BCUT2D eigenvalue weighted by molar-refractivity contribution is 5.28. The van der Waals surface area contributed by atoms with Crippen LogP contribution in [0.1, 0.15) is 5.56 Å². The van der Waals surface area contributed by atoms with Crippen LogP contribution in [0.15, 0.2) is 18.3 Å². The second-order valence-electron chi connectivity index (χ2n) is 3.13. The molecule has 0 spiro atoms. The Morgan fingerprint density at radius 2 is 2.13 bits per heavy atom. The zero-order valence-electron chi connectivity index (χ0n) is 7.62. The molecule has 1 aliphatic heterocycles. The number of pyridine rings is 1. The van der Waals surface area contributed by atoms with Gasteiger partial charge < -0.3 is 9.47 Å². The van der Waals surface area contributed by atoms with Crippen molar-refractivity contribution >= 4 is 0 Å². The molecule has 0 saturated carbocycles. The van der Waals surface area contributed by atoms with Gasteiger partial charge in [0.2, 0.25) is 5.88 Å². The molecule has 1 aromatic rings. The van der Waals surface area contributed by atoms with Crippen LogP contribution in [0.3, 0.4) is 0 Å². The van der Waals surface area contributed by atoms with Gasteiger partial charge in [-0.2, -0.15) is 13.2 Å². The number of halogens is 3. The number of ether oxygens (including phenoxy) is 2. The molecule has 15 heavy (non-hydrogen) atoms. The Bertz CT molecular complexity index is 349. The van der Waals surface area contributed by atoms with Gasteiger partial charge >= 0.3 is 6.18 Å². The topological polar surface area (TPSA) is 31.4 Å². The third-order valence-corrected chi connectivity index (χ3v) is 1.96. The van der Waals surface area contributed by atoms with Crippen molar-refractivity contribution < 1.29 is 22.6 Å². The van der Waals surface area contributed by atoms with E-state index in [1.807, 2.05) is 0 Å². The Kier molecular flexibility index (Phi) is 2.52. The van der Waals surface area contributed by atoms with E-state index in [2.05, 4.69) is 4.98 Å². The molecule has 6 heteroatoms. The fourth-order valence-electron chi connectivity index (χ4n) is 1.14. The molecule has 1 fully saturated rings. The molecule has 82 valence electrons. The Balaban J connectivity index is 2.21. The lowest BCUT2D eigenvalue weighted by molar-refractivity contribution is -0.142. The molecule has 1 aromatic heterocycles. The molecule has 1 saturated heterocycles. The molecule has 2 heterocycles. The summed E-state index contributed by atoms with van der Waals surface area (Å²) in [5.41, 5.74) is -0.850. The Morgan fingerprint density at radius 3 is 2.67 bits per heavy atom. The maximum Gasteiger partial charge on any atom is 0.421 e. The number of alkyl halides is 3. The summed E-state index contributed by atoms with van der Waals surface area (Å²) in [6.45, 7) is 0.627. The highest BCUT2D eigenvalue weighted by Gasteiger charge is 2.36. The van der Waals surface area contributed by atoms with Crippen molar-refractivity contribution in [2.45, 2.75) is 12.3 Å². The molecular formula is C9H8F3NO2. The summed E-state index contributed by atoms with van der Waals surface area (Å²) in [5, 5.41) is 0. The van der Waals surface area contributed by atoms with Crippen molar-refractivity contribution in [3.05, 3.63) is 23.9 Å². The third-order valence-electron chi connectivity index (χ3n) is 1.96. The van der Waals surface area contributed by atoms with Gasteiger partial charge in [-0.3, -0.25) is 0 Å². The predicted octanol–water partition coefficient (Wildman–Crippen LogP) is 1.88. The van der Waals surface area contributed by atoms with Gasteiger partial charge in [0.15, 0.2) is 0 Å². The zero-order valence-corrected chi connectivity index (χ0v) is 7.62. The highest BCUT2D eigenvalue weighted by atomic mass is 19.4. The van der Waals surface area contributed by atoms with E-state index in [0.717, 1.165) is 6.07 Å². The second-order valence-corrected chi connectivity index (χ2v) is 3.13. The summed E-state index contributed by atoms with van der Waals surface area (Å²) >= 11 is 0. The molecule has 1 aliphatic rings. The second kappa shape index (κ2) is 3.69. The minimum Gasteiger partial charge on any atom is -0.469 e. The molecule has 0 N–H and O–H groups in total. The fourth-order valence-corrected chi connectivity index (χ4v) is 1.14. The monoisotopic (exact) mass is 219 g/mol. The number of aromatic nitrogens is 1. The van der Waals surface area contributed by atoms with Crippen LogP contribution < -0.4 is 4.74 Å². The van der Waals surface area contributed by atoms with Crippen LogP contribution in [0.25, 0.3) is 0 Å². The van der Waals surface area contributed by atoms with Crippen molar-refractivity contribution in [2.24, 2.45) is 0 Å². The van der Waals surface area contributed by atoms with E-state index in [1.54, 1.807) is 0 Å². The fraction of sp³-hybridized carbons (Fsp3) is 0.444. The molecule has 0 bridgehead atoms. The number of hydrogen-bond acceptors (Lipinski definition) is 3. The normalized spacial score (nSPS) is 17.3. The Hall–Kier alpha value is -1.30. The van der Waals surface area contributed by atoms with E-state index in [1.165, 1.54) is 12.3 Å². The Labute approximate surface area is 83.8 Å². The van der Waals surface area contributed by atoms with Crippen molar-refractivity contribution in [1.29, 1.82) is 0 Å². The van der Waals surface area contributed by atoms with Gasteiger partial charge in [-0.1, -0.05) is 0 Å². The first-order valence-corrected chi connectivity index (χ1v) is 4.34. The first-order valence-electron chi connectivity index (χ1n) is 4.34. The summed E-state index contributed by atoms with van der Waals surface area (Å²) in [7, 11) is 0. The van der Waals surface area contributed by atoms with Crippen molar-refractivity contribution in [1.82, 2.24) is 4.98 Å². The smallest absolute Gasteiger partial charge is 0.421 e. The quantitative estimate of drug-likeness (QED) is 0.761. The summed E-state index contributed by atoms with van der Waals surface area (Å²) in [6, 6.07) is 2.18. The molecule has 0 aliphatic carbocycles. The summed E-state index contributed by atoms with van der Waals surface area (Å²) in [6.07, 6.45) is -3.49. The minimum absolute atomic E-state index is 0.313. The average molecular weight is 219 g/mol. The van der Waals surface area contributed by atoms with E-state index >= 15 is 0 Å². The van der Waals surface area contributed by atoms with Crippen molar-refractivity contribution in [2.75, 3.05) is 13.2 Å². The maximum atomic E-state index is 12.5. The number of rotatable bonds is 2. The zero-order chi connectivity index (χ0) is 10.9. The first kappa shape index (κ1) is 10.2. The third kappa shape index (κ3) is 2.20. The Morgan fingerprint density at radius 1 is 1.40 bits per heavy atom. The molecule has 0 aromatic carbocycles. The molecule has 0 atom stereocenters. The number of nitrogens with zero attached hydrogens (tertiary/aromatic N) is 1. The van der Waals surface area contributed by atoms with Crippen LogP contribution in [-0.2, 0) is 10.9 Å². The average Bonchev–Trinajstić information content (AvgIpc) is 2.10. The van der Waals surface area contributed by atoms with Gasteiger partial charge in [0.05, 0.1) is 13.2 Å². The molecule has 3 nitrogen and oxygen atoms in total. The van der Waals surface area contributed by atoms with Crippen molar-refractivity contribution in [3.63, 3.8) is 0 Å². The van der Waals surface area contributed by atoms with E-state index in [4.69, 9.17) is 9.47 Å². The van der Waals surface area contributed by atoms with Crippen LogP contribution in [0.4, 0.5) is 13.2 Å². The SMILES string of the molecule is FC(F)(F)c1cccnc1OC1COC1. The highest BCUT2D eigenvalue weighted by Crippen LogP contribution is 2.35. The standard InChI is InChI=1S/C9H8F3NO2/c10-9(11,12)7-2-1-3-13-8(7)15-6-4-14-5-6/h1-3,6H,4-5H2. The van der Waals surface area contributed by atoms with Crippen LogP contribution in [-0.4, -0.2) is 24.3 Å². The van der Waals surface area contributed by atoms with Gasteiger partial charge in [-0.15, -0.1) is 0 Å². The van der Waals surface area contributed by atoms with Gasteiger partial charge in [0.25, 0.3) is 0 Å². The van der Waals surface area contributed by atoms with Gasteiger partial charge in [0.1, 0.15) is 11.7 Å². The molecule has 0 unspecified atom stereocenters. The first-order chi connectivity index (χ1) is 7.07. The largest absolute Gasteiger partial charge is 0.469 e. The van der Waals surface area contributed by atoms with Gasteiger partial charge in [0, 0.05) is 6.20 Å². The molecule has 0 amide bonds. The minimum atomic E-state index is -4.44. The molecular weight excluding hydrogens is 211 g/mol. The van der Waals surface area contributed by atoms with E-state index in [-0.39, 0.29) is 12.0 Å². The number of hydrogen-bond donors (Lipinski definition) is 0. The van der Waals surface area contributed by atoms with E-state index in [0.29, 0.717) is 13.2 Å². The lowest BCUT2D eigenvalue weighted by atomic mass is 10.2. The summed E-state index contributed by atoms with van der Waals surface area (Å²) in [5.74, 6) is -0.377. The summed E-state index contributed by atoms with van der Waals surface area (Å²) < 4.78 is 47.3. The lowest BCUT2D eigenvalue weighted by Crippen LogP contribution is -2.39. The van der Waals surface area contributed by atoms with Crippen LogP contribution in [0.5, 0.6) is 5.88 Å². The van der Waals surface area contributed by atoms with Gasteiger partial charge in [-0.05, 0) is 12.1 Å².